The van der Waals surface area contributed by atoms with Crippen LogP contribution in [0.2, 0.25) is 0 Å². The van der Waals surface area contributed by atoms with Crippen molar-refractivity contribution in [3.05, 3.63) is 0 Å². The van der Waals surface area contributed by atoms with Crippen LogP contribution in [0.4, 0.5) is 0 Å². The van der Waals surface area contributed by atoms with E-state index in [0.717, 1.165) is 11.6 Å². The van der Waals surface area contributed by atoms with Crippen LogP contribution in [0, 0.1) is 11.3 Å². The van der Waals surface area contributed by atoms with Gasteiger partial charge in [-0.15, -0.1) is 0 Å². The van der Waals surface area contributed by atoms with Crippen molar-refractivity contribution in [1.29, 1.82) is 0 Å². The second-order valence-corrected chi connectivity index (χ2v) is 5.92. The summed E-state index contributed by atoms with van der Waals surface area (Å²) in [4.78, 5) is 15.9. The third-order valence-corrected chi connectivity index (χ3v) is 3.97. The van der Waals surface area contributed by atoms with Crippen LogP contribution in [0.1, 0.15) is 46.5 Å². The maximum Gasteiger partial charge on any atom is 0.309 e. The summed E-state index contributed by atoms with van der Waals surface area (Å²) in [7, 11) is 0. The molecule has 2 rings (SSSR count). The highest BCUT2D eigenvalue weighted by Gasteiger charge is 2.40. The van der Waals surface area contributed by atoms with Gasteiger partial charge in [-0.2, -0.15) is 0 Å². The van der Waals surface area contributed by atoms with Gasteiger partial charge in [-0.25, -0.2) is 0 Å². The predicted molar refractivity (Wildman–Crippen MR) is 67.2 cm³/mol. The fourth-order valence-corrected chi connectivity index (χ4v) is 2.72. The molecule has 1 saturated carbocycles. The highest BCUT2D eigenvalue weighted by Crippen LogP contribution is 2.36. The van der Waals surface area contributed by atoms with Gasteiger partial charge in [-0.1, -0.05) is 0 Å². The van der Waals surface area contributed by atoms with Crippen molar-refractivity contribution in [1.82, 2.24) is 5.32 Å². The molecule has 0 spiro atoms. The zero-order valence-electron chi connectivity index (χ0n) is 10.9. The summed E-state index contributed by atoms with van der Waals surface area (Å²) < 4.78 is 0. The minimum atomic E-state index is -0.711. The van der Waals surface area contributed by atoms with Crippen molar-refractivity contribution in [2.45, 2.75) is 58.7 Å². The molecule has 4 nitrogen and oxygen atoms in total. The molecule has 17 heavy (non-hydrogen) atoms. The van der Waals surface area contributed by atoms with Gasteiger partial charge < -0.3 is 5.11 Å². The molecular formula is C13H22N2O2. The molecule has 1 aliphatic heterocycles. The monoisotopic (exact) mass is 238 g/mol. The average Bonchev–Trinajstić information content (AvgIpc) is 2.98. The summed E-state index contributed by atoms with van der Waals surface area (Å²) in [6.07, 6.45) is 3.72. The Morgan fingerprint density at radius 2 is 2.24 bits per heavy atom. The van der Waals surface area contributed by atoms with E-state index in [1.54, 1.807) is 0 Å². The third-order valence-electron chi connectivity index (χ3n) is 3.97. The third kappa shape index (κ3) is 2.86. The van der Waals surface area contributed by atoms with Crippen LogP contribution in [0.5, 0.6) is 0 Å². The van der Waals surface area contributed by atoms with Crippen LogP contribution < -0.4 is 5.32 Å². The first-order valence-electron chi connectivity index (χ1n) is 6.43. The predicted octanol–water partition coefficient (Wildman–Crippen LogP) is 2.05. The van der Waals surface area contributed by atoms with Gasteiger partial charge in [-0.3, -0.25) is 15.1 Å². The van der Waals surface area contributed by atoms with Gasteiger partial charge in [0, 0.05) is 18.2 Å². The largest absolute Gasteiger partial charge is 0.481 e. The number of carbonyl (C=O) groups is 1. The van der Waals surface area contributed by atoms with Crippen molar-refractivity contribution < 1.29 is 9.90 Å². The zero-order chi connectivity index (χ0) is 12.6. The first-order chi connectivity index (χ1) is 7.90. The van der Waals surface area contributed by atoms with Crippen molar-refractivity contribution in [3.63, 3.8) is 0 Å². The van der Waals surface area contributed by atoms with Gasteiger partial charge in [-0.05, 0) is 46.0 Å². The summed E-state index contributed by atoms with van der Waals surface area (Å²) in [6.45, 7) is 5.93. The van der Waals surface area contributed by atoms with E-state index < -0.39 is 11.4 Å². The molecular weight excluding hydrogens is 216 g/mol. The van der Waals surface area contributed by atoms with Crippen molar-refractivity contribution >= 4 is 11.7 Å². The summed E-state index contributed by atoms with van der Waals surface area (Å²) in [5, 5.41) is 12.8. The molecule has 0 aromatic carbocycles. The van der Waals surface area contributed by atoms with Gasteiger partial charge in [0.25, 0.3) is 0 Å². The van der Waals surface area contributed by atoms with Crippen molar-refractivity contribution in [3.8, 4) is 0 Å². The molecule has 2 N–H and O–H groups in total. The maximum absolute atomic E-state index is 11.3. The number of hydrogen-bond donors (Lipinski definition) is 2. The number of carboxylic acid groups (broad SMARTS) is 1. The lowest BCUT2D eigenvalue weighted by Gasteiger charge is -2.34. The molecule has 2 aliphatic rings. The van der Waals surface area contributed by atoms with E-state index in [1.165, 1.54) is 12.8 Å². The Kier molecular flexibility index (Phi) is 3.25. The number of nitrogens with one attached hydrogen (secondary N) is 1. The van der Waals surface area contributed by atoms with Crippen LogP contribution in [-0.2, 0) is 4.79 Å². The highest BCUT2D eigenvalue weighted by molar-refractivity contribution is 5.89. The second kappa shape index (κ2) is 4.41. The van der Waals surface area contributed by atoms with Gasteiger partial charge in [0.05, 0.1) is 5.41 Å². The fraction of sp³-hybridized carbons (Fsp3) is 0.846. The van der Waals surface area contributed by atoms with Crippen LogP contribution in [0.25, 0.3) is 0 Å². The Balaban J connectivity index is 2.02. The molecule has 3 atom stereocenters. The summed E-state index contributed by atoms with van der Waals surface area (Å²) in [5.41, 5.74) is 0.286. The van der Waals surface area contributed by atoms with E-state index in [1.807, 2.05) is 13.8 Å². The molecule has 0 aromatic rings. The minimum absolute atomic E-state index is 0.0274. The van der Waals surface area contributed by atoms with Gasteiger partial charge >= 0.3 is 5.97 Å². The fourth-order valence-electron chi connectivity index (χ4n) is 2.72. The highest BCUT2D eigenvalue weighted by atomic mass is 16.4. The number of hydrogen-bond acceptors (Lipinski definition) is 3. The smallest absolute Gasteiger partial charge is 0.309 e. The summed E-state index contributed by atoms with van der Waals surface area (Å²) >= 11 is 0. The van der Waals surface area contributed by atoms with E-state index in [-0.39, 0.29) is 6.17 Å². The SMILES string of the molecule is CC1=NC(NC(C)C2CC2)C[C@@](C)(C(=O)O)C1. The molecule has 96 valence electrons. The molecule has 4 heteroatoms. The lowest BCUT2D eigenvalue weighted by molar-refractivity contribution is -0.148. The minimum Gasteiger partial charge on any atom is -0.481 e. The molecule has 0 radical (unpaired) electrons. The Hall–Kier alpha value is -0.900. The lowest BCUT2D eigenvalue weighted by Crippen LogP contribution is -2.45. The molecule has 0 aromatic heterocycles. The van der Waals surface area contributed by atoms with Crippen molar-refractivity contribution in [2.24, 2.45) is 16.3 Å². The molecule has 0 amide bonds. The lowest BCUT2D eigenvalue weighted by atomic mass is 9.78. The van der Waals surface area contributed by atoms with Gasteiger partial charge in [0.15, 0.2) is 0 Å². The van der Waals surface area contributed by atoms with Gasteiger partial charge in [0.1, 0.15) is 6.17 Å². The number of aliphatic imine (C=N–C) groups is 1. The molecule has 0 saturated heterocycles. The molecule has 2 unspecified atom stereocenters. The van der Waals surface area contributed by atoms with E-state index in [4.69, 9.17) is 0 Å². The number of aliphatic carboxylic acids is 1. The molecule has 1 aliphatic carbocycles. The van der Waals surface area contributed by atoms with E-state index >= 15 is 0 Å². The topological polar surface area (TPSA) is 61.7 Å². The second-order valence-electron chi connectivity index (χ2n) is 5.92. The average molecular weight is 238 g/mol. The van der Waals surface area contributed by atoms with Gasteiger partial charge in [0.2, 0.25) is 0 Å². The number of nitrogens with zero attached hydrogens (tertiary/aromatic N) is 1. The molecule has 1 heterocycles. The Morgan fingerprint density at radius 1 is 1.59 bits per heavy atom. The number of rotatable bonds is 4. The van der Waals surface area contributed by atoms with Crippen LogP contribution in [0.15, 0.2) is 4.99 Å². The Bertz CT molecular complexity index is 349. The standard InChI is InChI=1S/C13H22N2O2/c1-8-6-13(3,12(16)17)7-11(14-8)15-9(2)10-4-5-10/h9-11,15H,4-7H2,1-3H3,(H,16,17)/t9?,11?,13-/m0/s1. The van der Waals surface area contributed by atoms with E-state index in [9.17, 15) is 9.90 Å². The normalized spacial score (nSPS) is 35.2. The molecule has 1 fully saturated rings. The first kappa shape index (κ1) is 12.6. The first-order valence-corrected chi connectivity index (χ1v) is 6.43. The zero-order valence-corrected chi connectivity index (χ0v) is 10.9. The quantitative estimate of drug-likeness (QED) is 0.788. The van der Waals surface area contributed by atoms with E-state index in [0.29, 0.717) is 18.9 Å². The Labute approximate surface area is 103 Å². The van der Waals surface area contributed by atoms with Crippen LogP contribution in [-0.4, -0.2) is 29.0 Å². The van der Waals surface area contributed by atoms with E-state index in [2.05, 4.69) is 17.2 Å². The Morgan fingerprint density at radius 3 is 2.76 bits per heavy atom. The van der Waals surface area contributed by atoms with Crippen LogP contribution in [0.3, 0.4) is 0 Å². The van der Waals surface area contributed by atoms with Crippen LogP contribution >= 0.6 is 0 Å². The maximum atomic E-state index is 11.3. The summed E-state index contributed by atoms with van der Waals surface area (Å²) in [6, 6.07) is 0.452. The molecule has 0 bridgehead atoms. The summed E-state index contributed by atoms with van der Waals surface area (Å²) in [5.74, 6) is 0.0566. The number of carboxylic acids is 1. The van der Waals surface area contributed by atoms with Crippen molar-refractivity contribution in [2.75, 3.05) is 0 Å².